The van der Waals surface area contributed by atoms with Crippen LogP contribution in [0, 0.1) is 5.92 Å². The van der Waals surface area contributed by atoms with E-state index in [0.29, 0.717) is 31.7 Å². The number of sulfonamides is 1. The van der Waals surface area contributed by atoms with E-state index >= 15 is 0 Å². The van der Waals surface area contributed by atoms with Crippen molar-refractivity contribution >= 4 is 21.7 Å². The van der Waals surface area contributed by atoms with Crippen LogP contribution < -0.4 is 5.32 Å². The van der Waals surface area contributed by atoms with Gasteiger partial charge in [-0.15, -0.1) is 0 Å². The molecule has 19 heavy (non-hydrogen) atoms. The summed E-state index contributed by atoms with van der Waals surface area (Å²) in [5.41, 5.74) is 0. The highest BCUT2D eigenvalue weighted by molar-refractivity contribution is 7.88. The molecule has 0 aliphatic carbocycles. The molecule has 1 saturated heterocycles. The third-order valence-electron chi connectivity index (χ3n) is 3.21. The maximum absolute atomic E-state index is 12.0. The van der Waals surface area contributed by atoms with Gasteiger partial charge in [-0.25, -0.2) is 17.7 Å². The SMILES string of the molecule is CS(=O)(=O)N1CCC(C(=O)Nc2ccccn2)CC1. The van der Waals surface area contributed by atoms with Gasteiger partial charge in [0.25, 0.3) is 0 Å². The topological polar surface area (TPSA) is 79.4 Å². The predicted octanol–water partition coefficient (Wildman–Crippen LogP) is 0.692. The highest BCUT2D eigenvalue weighted by atomic mass is 32.2. The molecule has 2 rings (SSSR count). The van der Waals surface area contributed by atoms with Gasteiger partial charge in [0.1, 0.15) is 5.82 Å². The van der Waals surface area contributed by atoms with Crippen LogP contribution in [0.1, 0.15) is 12.8 Å². The number of anilines is 1. The molecule has 6 nitrogen and oxygen atoms in total. The summed E-state index contributed by atoms with van der Waals surface area (Å²) in [4.78, 5) is 16.0. The quantitative estimate of drug-likeness (QED) is 0.885. The third kappa shape index (κ3) is 3.74. The molecule has 1 aromatic heterocycles. The number of carbonyl (C=O) groups excluding carboxylic acids is 1. The Morgan fingerprint density at radius 2 is 2.05 bits per heavy atom. The minimum Gasteiger partial charge on any atom is -0.310 e. The third-order valence-corrected chi connectivity index (χ3v) is 4.51. The summed E-state index contributed by atoms with van der Waals surface area (Å²) in [6.45, 7) is 0.804. The number of pyridine rings is 1. The molecule has 2 heterocycles. The highest BCUT2D eigenvalue weighted by Gasteiger charge is 2.28. The van der Waals surface area contributed by atoms with Gasteiger partial charge in [0.15, 0.2) is 0 Å². The number of aromatic nitrogens is 1. The van der Waals surface area contributed by atoms with Crippen LogP contribution in [0.5, 0.6) is 0 Å². The lowest BCUT2D eigenvalue weighted by Crippen LogP contribution is -2.40. The Hall–Kier alpha value is -1.47. The van der Waals surface area contributed by atoms with Crippen molar-refractivity contribution in [3.8, 4) is 0 Å². The average molecular weight is 283 g/mol. The zero-order valence-electron chi connectivity index (χ0n) is 10.7. The number of rotatable bonds is 3. The molecule has 1 N–H and O–H groups in total. The summed E-state index contributed by atoms with van der Waals surface area (Å²) in [6.07, 6.45) is 3.90. The first kappa shape index (κ1) is 14.0. The lowest BCUT2D eigenvalue weighted by atomic mass is 9.97. The fourth-order valence-corrected chi connectivity index (χ4v) is 2.99. The number of piperidine rings is 1. The van der Waals surface area contributed by atoms with Crippen LogP contribution in [0.25, 0.3) is 0 Å². The van der Waals surface area contributed by atoms with Gasteiger partial charge in [0.05, 0.1) is 6.26 Å². The molecule has 1 fully saturated rings. The molecule has 0 saturated carbocycles. The Morgan fingerprint density at radius 1 is 1.37 bits per heavy atom. The molecule has 1 amide bonds. The molecule has 1 aliphatic heterocycles. The van der Waals surface area contributed by atoms with E-state index < -0.39 is 10.0 Å². The second-order valence-electron chi connectivity index (χ2n) is 4.64. The van der Waals surface area contributed by atoms with Crippen LogP contribution in [0.3, 0.4) is 0 Å². The van der Waals surface area contributed by atoms with Gasteiger partial charge < -0.3 is 5.32 Å². The normalized spacial score (nSPS) is 18.2. The molecule has 0 radical (unpaired) electrons. The first-order valence-corrected chi connectivity index (χ1v) is 7.98. The first-order valence-electron chi connectivity index (χ1n) is 6.14. The maximum atomic E-state index is 12.0. The number of nitrogens with zero attached hydrogens (tertiary/aromatic N) is 2. The lowest BCUT2D eigenvalue weighted by Gasteiger charge is -2.29. The van der Waals surface area contributed by atoms with E-state index in [-0.39, 0.29) is 11.8 Å². The Labute approximate surface area is 112 Å². The van der Waals surface area contributed by atoms with E-state index in [2.05, 4.69) is 10.3 Å². The minimum absolute atomic E-state index is 0.0909. The number of nitrogens with one attached hydrogen (secondary N) is 1. The van der Waals surface area contributed by atoms with Crippen LogP contribution in [0.15, 0.2) is 24.4 Å². The van der Waals surface area contributed by atoms with Gasteiger partial charge in [-0.05, 0) is 25.0 Å². The van der Waals surface area contributed by atoms with Crippen LogP contribution in [0.4, 0.5) is 5.82 Å². The monoisotopic (exact) mass is 283 g/mol. The van der Waals surface area contributed by atoms with E-state index in [1.165, 1.54) is 10.6 Å². The fraction of sp³-hybridized carbons (Fsp3) is 0.500. The van der Waals surface area contributed by atoms with E-state index in [4.69, 9.17) is 0 Å². The van der Waals surface area contributed by atoms with E-state index in [1.807, 2.05) is 0 Å². The van der Waals surface area contributed by atoms with Crippen LogP contribution in [-0.4, -0.2) is 43.0 Å². The molecule has 0 spiro atoms. The van der Waals surface area contributed by atoms with Crippen molar-refractivity contribution < 1.29 is 13.2 Å². The highest BCUT2D eigenvalue weighted by Crippen LogP contribution is 2.20. The van der Waals surface area contributed by atoms with Gasteiger partial charge in [0.2, 0.25) is 15.9 Å². The smallest absolute Gasteiger partial charge is 0.228 e. The fourth-order valence-electron chi connectivity index (χ4n) is 2.11. The molecule has 0 aromatic carbocycles. The second-order valence-corrected chi connectivity index (χ2v) is 6.62. The zero-order valence-corrected chi connectivity index (χ0v) is 11.6. The molecular formula is C12H17N3O3S. The Balaban J connectivity index is 1.90. The van der Waals surface area contributed by atoms with Gasteiger partial charge in [-0.2, -0.15) is 0 Å². The number of hydrogen-bond acceptors (Lipinski definition) is 4. The Morgan fingerprint density at radius 3 is 2.58 bits per heavy atom. The maximum Gasteiger partial charge on any atom is 0.228 e. The predicted molar refractivity (Wildman–Crippen MR) is 72.0 cm³/mol. The van der Waals surface area contributed by atoms with Gasteiger partial charge >= 0.3 is 0 Å². The van der Waals surface area contributed by atoms with Gasteiger partial charge in [0, 0.05) is 25.2 Å². The summed E-state index contributed by atoms with van der Waals surface area (Å²) in [7, 11) is -3.14. The van der Waals surface area contributed by atoms with E-state index in [9.17, 15) is 13.2 Å². The van der Waals surface area contributed by atoms with Crippen molar-refractivity contribution in [2.75, 3.05) is 24.7 Å². The van der Waals surface area contributed by atoms with Crippen LogP contribution in [-0.2, 0) is 14.8 Å². The molecule has 1 aliphatic rings. The Bertz CT molecular complexity index is 537. The summed E-state index contributed by atoms with van der Waals surface area (Å²) in [5, 5.41) is 2.75. The summed E-state index contributed by atoms with van der Waals surface area (Å²) < 4.78 is 24.2. The summed E-state index contributed by atoms with van der Waals surface area (Å²) in [6, 6.07) is 5.30. The lowest BCUT2D eigenvalue weighted by molar-refractivity contribution is -0.120. The van der Waals surface area contributed by atoms with Crippen LogP contribution >= 0.6 is 0 Å². The molecule has 0 atom stereocenters. The molecule has 7 heteroatoms. The average Bonchev–Trinajstić information content (AvgIpc) is 2.39. The van der Waals surface area contributed by atoms with Crippen molar-refractivity contribution in [2.45, 2.75) is 12.8 Å². The molecule has 0 unspecified atom stereocenters. The van der Waals surface area contributed by atoms with Crippen LogP contribution in [0.2, 0.25) is 0 Å². The van der Waals surface area contributed by atoms with Crippen molar-refractivity contribution in [1.82, 2.24) is 9.29 Å². The Kier molecular flexibility index (Phi) is 4.16. The summed E-state index contributed by atoms with van der Waals surface area (Å²) in [5.74, 6) is 0.282. The van der Waals surface area contributed by atoms with E-state index in [0.717, 1.165) is 0 Å². The van der Waals surface area contributed by atoms with Crippen molar-refractivity contribution in [2.24, 2.45) is 5.92 Å². The first-order chi connectivity index (χ1) is 8.97. The van der Waals surface area contributed by atoms with Crippen molar-refractivity contribution in [3.05, 3.63) is 24.4 Å². The second kappa shape index (κ2) is 5.66. The minimum atomic E-state index is -3.14. The van der Waals surface area contributed by atoms with E-state index in [1.54, 1.807) is 24.4 Å². The van der Waals surface area contributed by atoms with Crippen molar-refractivity contribution in [3.63, 3.8) is 0 Å². The van der Waals surface area contributed by atoms with Gasteiger partial charge in [-0.1, -0.05) is 6.07 Å². The standard InChI is InChI=1S/C12H17N3O3S/c1-19(17,18)15-8-5-10(6-9-15)12(16)14-11-4-2-3-7-13-11/h2-4,7,10H,5-6,8-9H2,1H3,(H,13,14,16). The number of hydrogen-bond donors (Lipinski definition) is 1. The molecular weight excluding hydrogens is 266 g/mol. The zero-order chi connectivity index (χ0) is 13.9. The number of carbonyl (C=O) groups is 1. The van der Waals surface area contributed by atoms with Crippen molar-refractivity contribution in [1.29, 1.82) is 0 Å². The molecule has 1 aromatic rings. The largest absolute Gasteiger partial charge is 0.310 e. The number of amides is 1. The van der Waals surface area contributed by atoms with Gasteiger partial charge in [-0.3, -0.25) is 4.79 Å². The molecule has 0 bridgehead atoms. The molecule has 104 valence electrons. The summed E-state index contributed by atoms with van der Waals surface area (Å²) >= 11 is 0.